The third kappa shape index (κ3) is 4.14. The lowest BCUT2D eigenvalue weighted by Gasteiger charge is -2.00. The maximum atomic E-state index is 10.4. The van der Waals surface area contributed by atoms with Gasteiger partial charge in [-0.2, -0.15) is 0 Å². The molecule has 9 heavy (non-hydrogen) atoms. The summed E-state index contributed by atoms with van der Waals surface area (Å²) in [5.41, 5.74) is 10.2. The van der Waals surface area contributed by atoms with Gasteiger partial charge in [0, 0.05) is 6.54 Å². The van der Waals surface area contributed by atoms with Crippen molar-refractivity contribution in [1.29, 1.82) is 0 Å². The van der Waals surface area contributed by atoms with E-state index in [4.69, 9.17) is 11.5 Å². The SMILES string of the molecule is C=CC(=O)C(N)CN.Cl. The Morgan fingerprint density at radius 2 is 2.22 bits per heavy atom. The highest BCUT2D eigenvalue weighted by atomic mass is 35.5. The topological polar surface area (TPSA) is 69.1 Å². The Morgan fingerprint density at radius 1 is 1.78 bits per heavy atom. The van der Waals surface area contributed by atoms with E-state index in [1.54, 1.807) is 0 Å². The maximum Gasteiger partial charge on any atom is 0.173 e. The number of ketones is 1. The van der Waals surface area contributed by atoms with E-state index in [1.165, 1.54) is 6.08 Å². The first-order valence-electron chi connectivity index (χ1n) is 2.34. The van der Waals surface area contributed by atoms with Crippen LogP contribution >= 0.6 is 12.4 Å². The van der Waals surface area contributed by atoms with Crippen LogP contribution in [0.15, 0.2) is 12.7 Å². The number of carbonyl (C=O) groups excluding carboxylic acids is 1. The summed E-state index contributed by atoms with van der Waals surface area (Å²) in [5.74, 6) is -0.201. The smallest absolute Gasteiger partial charge is 0.173 e. The summed E-state index contributed by atoms with van der Waals surface area (Å²) in [7, 11) is 0. The van der Waals surface area contributed by atoms with Crippen molar-refractivity contribution in [2.24, 2.45) is 11.5 Å². The number of rotatable bonds is 3. The van der Waals surface area contributed by atoms with Crippen molar-refractivity contribution in [3.8, 4) is 0 Å². The zero-order chi connectivity index (χ0) is 6.57. The summed E-state index contributed by atoms with van der Waals surface area (Å²) in [5, 5.41) is 0. The molecule has 0 aromatic rings. The maximum absolute atomic E-state index is 10.4. The second kappa shape index (κ2) is 5.75. The number of hydrogen-bond acceptors (Lipinski definition) is 3. The molecular weight excluding hydrogens is 140 g/mol. The first kappa shape index (κ1) is 11.4. The van der Waals surface area contributed by atoms with Gasteiger partial charge in [-0.05, 0) is 6.08 Å². The van der Waals surface area contributed by atoms with Crippen molar-refractivity contribution in [2.75, 3.05) is 6.54 Å². The van der Waals surface area contributed by atoms with Crippen LogP contribution < -0.4 is 11.5 Å². The van der Waals surface area contributed by atoms with Crippen LogP contribution in [0.1, 0.15) is 0 Å². The predicted molar refractivity (Wildman–Crippen MR) is 39.5 cm³/mol. The highest BCUT2D eigenvalue weighted by Crippen LogP contribution is 1.77. The molecule has 0 aromatic heterocycles. The second-order valence-corrected chi connectivity index (χ2v) is 1.45. The summed E-state index contributed by atoms with van der Waals surface area (Å²) >= 11 is 0. The average Bonchev–Trinajstić information content (AvgIpc) is 1.84. The molecule has 0 aliphatic heterocycles. The first-order chi connectivity index (χ1) is 3.72. The Labute approximate surface area is 60.5 Å². The van der Waals surface area contributed by atoms with E-state index in [-0.39, 0.29) is 24.7 Å². The van der Waals surface area contributed by atoms with E-state index < -0.39 is 6.04 Å². The molecule has 4 N–H and O–H groups in total. The van der Waals surface area contributed by atoms with Crippen LogP contribution in [0.25, 0.3) is 0 Å². The molecule has 0 saturated heterocycles. The molecule has 0 spiro atoms. The fourth-order valence-electron chi connectivity index (χ4n) is 0.268. The van der Waals surface area contributed by atoms with Gasteiger partial charge in [0.05, 0.1) is 6.04 Å². The predicted octanol–water partition coefficient (Wildman–Crippen LogP) is -0.551. The first-order valence-corrected chi connectivity index (χ1v) is 2.34. The Kier molecular flexibility index (Phi) is 7.30. The fourth-order valence-corrected chi connectivity index (χ4v) is 0.268. The monoisotopic (exact) mass is 150 g/mol. The van der Waals surface area contributed by atoms with Gasteiger partial charge in [0.25, 0.3) is 0 Å². The van der Waals surface area contributed by atoms with Crippen molar-refractivity contribution in [2.45, 2.75) is 6.04 Å². The van der Waals surface area contributed by atoms with Gasteiger partial charge >= 0.3 is 0 Å². The Hall–Kier alpha value is -0.380. The van der Waals surface area contributed by atoms with Gasteiger partial charge in [-0.1, -0.05) is 6.58 Å². The van der Waals surface area contributed by atoms with Gasteiger partial charge in [0.2, 0.25) is 0 Å². The molecule has 0 fully saturated rings. The van der Waals surface area contributed by atoms with Crippen LogP contribution in [0.5, 0.6) is 0 Å². The zero-order valence-electron chi connectivity index (χ0n) is 5.04. The lowest BCUT2D eigenvalue weighted by molar-refractivity contribution is -0.115. The molecule has 0 aliphatic rings. The van der Waals surface area contributed by atoms with E-state index in [1.807, 2.05) is 0 Å². The van der Waals surface area contributed by atoms with Crippen LogP contribution in [0.3, 0.4) is 0 Å². The molecular formula is C5H11ClN2O. The number of halogens is 1. The van der Waals surface area contributed by atoms with E-state index in [2.05, 4.69) is 6.58 Å². The third-order valence-corrected chi connectivity index (χ3v) is 0.821. The number of nitrogens with two attached hydrogens (primary N) is 2. The second-order valence-electron chi connectivity index (χ2n) is 1.45. The van der Waals surface area contributed by atoms with Gasteiger partial charge < -0.3 is 11.5 Å². The average molecular weight is 151 g/mol. The van der Waals surface area contributed by atoms with E-state index in [0.29, 0.717) is 0 Å². The van der Waals surface area contributed by atoms with Crippen LogP contribution in [0.2, 0.25) is 0 Å². The Bertz CT molecular complexity index is 105. The normalized spacial score (nSPS) is 11.3. The molecule has 4 heteroatoms. The summed E-state index contributed by atoms with van der Waals surface area (Å²) in [6, 6.07) is -0.563. The Morgan fingerprint density at radius 3 is 2.33 bits per heavy atom. The molecule has 0 aliphatic carbocycles. The Balaban J connectivity index is 0. The largest absolute Gasteiger partial charge is 0.328 e. The highest BCUT2D eigenvalue weighted by Gasteiger charge is 2.04. The molecule has 0 radical (unpaired) electrons. The van der Waals surface area contributed by atoms with Gasteiger partial charge in [-0.3, -0.25) is 4.79 Å². The molecule has 0 rings (SSSR count). The van der Waals surface area contributed by atoms with Crippen molar-refractivity contribution in [3.63, 3.8) is 0 Å². The van der Waals surface area contributed by atoms with Crippen molar-refractivity contribution in [3.05, 3.63) is 12.7 Å². The van der Waals surface area contributed by atoms with Crippen molar-refractivity contribution < 1.29 is 4.79 Å². The van der Waals surface area contributed by atoms with Gasteiger partial charge in [0.1, 0.15) is 0 Å². The molecule has 0 heterocycles. The highest BCUT2D eigenvalue weighted by molar-refractivity contribution is 5.93. The fraction of sp³-hybridized carbons (Fsp3) is 0.400. The molecule has 1 atom stereocenters. The molecule has 1 unspecified atom stereocenters. The van der Waals surface area contributed by atoms with Crippen molar-refractivity contribution >= 4 is 18.2 Å². The zero-order valence-corrected chi connectivity index (χ0v) is 5.86. The van der Waals surface area contributed by atoms with E-state index >= 15 is 0 Å². The molecule has 54 valence electrons. The third-order valence-electron chi connectivity index (χ3n) is 0.821. The van der Waals surface area contributed by atoms with Gasteiger partial charge in [-0.15, -0.1) is 12.4 Å². The van der Waals surface area contributed by atoms with Gasteiger partial charge in [-0.25, -0.2) is 0 Å². The summed E-state index contributed by atoms with van der Waals surface area (Å²) < 4.78 is 0. The van der Waals surface area contributed by atoms with E-state index in [9.17, 15) is 4.79 Å². The number of carbonyl (C=O) groups is 1. The molecule has 0 saturated carbocycles. The summed E-state index contributed by atoms with van der Waals surface area (Å²) in [4.78, 5) is 10.4. The summed E-state index contributed by atoms with van der Waals surface area (Å²) in [6.45, 7) is 3.43. The molecule has 0 bridgehead atoms. The van der Waals surface area contributed by atoms with Gasteiger partial charge in [0.15, 0.2) is 5.78 Å². The minimum absolute atomic E-state index is 0. The van der Waals surface area contributed by atoms with Crippen LogP contribution in [0.4, 0.5) is 0 Å². The minimum Gasteiger partial charge on any atom is -0.328 e. The molecule has 3 nitrogen and oxygen atoms in total. The minimum atomic E-state index is -0.563. The summed E-state index contributed by atoms with van der Waals surface area (Å²) in [6.07, 6.45) is 1.18. The van der Waals surface area contributed by atoms with E-state index in [0.717, 1.165) is 0 Å². The molecule has 0 aromatic carbocycles. The lowest BCUT2D eigenvalue weighted by Crippen LogP contribution is -2.36. The van der Waals surface area contributed by atoms with Crippen LogP contribution in [-0.2, 0) is 4.79 Å². The van der Waals surface area contributed by atoms with Crippen LogP contribution in [0, 0.1) is 0 Å². The molecule has 0 amide bonds. The lowest BCUT2D eigenvalue weighted by atomic mass is 10.2. The van der Waals surface area contributed by atoms with Crippen molar-refractivity contribution in [1.82, 2.24) is 0 Å². The standard InChI is InChI=1S/C5H10N2O.ClH/c1-2-5(8)4(7)3-6;/h2,4H,1,3,6-7H2;1H. The van der Waals surface area contributed by atoms with Crippen LogP contribution in [-0.4, -0.2) is 18.4 Å². The number of hydrogen-bond donors (Lipinski definition) is 2. The quantitative estimate of drug-likeness (QED) is 0.531.